The predicted molar refractivity (Wildman–Crippen MR) is 81.7 cm³/mol. The third kappa shape index (κ3) is 1.69. The number of aryl methyl sites for hydroxylation is 1. The third-order valence-corrected chi connectivity index (χ3v) is 3.66. The maximum Gasteiger partial charge on any atom is 0.168 e. The first kappa shape index (κ1) is 11.2. The van der Waals surface area contributed by atoms with Crippen molar-refractivity contribution in [2.24, 2.45) is 0 Å². The molecule has 20 heavy (non-hydrogen) atoms. The molecule has 0 unspecified atom stereocenters. The molecule has 0 saturated heterocycles. The Morgan fingerprint density at radius 1 is 0.850 bits per heavy atom. The molecule has 0 fully saturated rings. The number of hydrogen-bond acceptors (Lipinski definition) is 2. The largest absolute Gasteiger partial charge is 0.356 e. The zero-order valence-corrected chi connectivity index (χ0v) is 11.1. The van der Waals surface area contributed by atoms with E-state index in [1.165, 1.54) is 16.3 Å². The fraction of sp³-hybridized carbons (Fsp3) is 0.0556. The van der Waals surface area contributed by atoms with Crippen molar-refractivity contribution in [3.63, 3.8) is 0 Å². The number of hydrogen-bond donors (Lipinski definition) is 0. The molecule has 4 aromatic rings. The number of benzene rings is 3. The molecule has 0 saturated carbocycles. The van der Waals surface area contributed by atoms with Gasteiger partial charge >= 0.3 is 0 Å². The Bertz CT molecular complexity index is 904. The molecular weight excluding hydrogens is 246 g/mol. The van der Waals surface area contributed by atoms with Crippen LogP contribution >= 0.6 is 0 Å². The van der Waals surface area contributed by atoms with Crippen molar-refractivity contribution < 1.29 is 4.52 Å². The van der Waals surface area contributed by atoms with E-state index >= 15 is 0 Å². The SMILES string of the molecule is Cc1ccc(-c2noc3cc4ccccc4cc23)cc1. The second kappa shape index (κ2) is 4.20. The molecule has 0 aliphatic rings. The lowest BCUT2D eigenvalue weighted by Gasteiger charge is -1.99. The van der Waals surface area contributed by atoms with Crippen LogP contribution in [0.5, 0.6) is 0 Å². The van der Waals surface area contributed by atoms with Gasteiger partial charge in [-0.25, -0.2) is 0 Å². The van der Waals surface area contributed by atoms with E-state index in [4.69, 9.17) is 4.52 Å². The summed E-state index contributed by atoms with van der Waals surface area (Å²) in [7, 11) is 0. The van der Waals surface area contributed by atoms with Gasteiger partial charge in [0.05, 0.1) is 5.39 Å². The van der Waals surface area contributed by atoms with E-state index in [9.17, 15) is 0 Å². The fourth-order valence-corrected chi connectivity index (χ4v) is 2.54. The monoisotopic (exact) mass is 259 g/mol. The van der Waals surface area contributed by atoms with Crippen molar-refractivity contribution >= 4 is 21.7 Å². The zero-order valence-electron chi connectivity index (χ0n) is 11.1. The highest BCUT2D eigenvalue weighted by atomic mass is 16.5. The van der Waals surface area contributed by atoms with Gasteiger partial charge in [-0.3, -0.25) is 0 Å². The summed E-state index contributed by atoms with van der Waals surface area (Å²) in [6, 6.07) is 20.8. The first-order valence-electron chi connectivity index (χ1n) is 6.66. The Kier molecular flexibility index (Phi) is 2.36. The van der Waals surface area contributed by atoms with Gasteiger partial charge in [-0.1, -0.05) is 59.3 Å². The minimum absolute atomic E-state index is 0.833. The van der Waals surface area contributed by atoms with Crippen LogP contribution in [-0.2, 0) is 0 Å². The molecule has 0 radical (unpaired) electrons. The quantitative estimate of drug-likeness (QED) is 0.483. The van der Waals surface area contributed by atoms with Crippen LogP contribution in [0.3, 0.4) is 0 Å². The first-order chi connectivity index (χ1) is 9.81. The van der Waals surface area contributed by atoms with Crippen LogP contribution < -0.4 is 0 Å². The van der Waals surface area contributed by atoms with Crippen LogP contribution in [0.1, 0.15) is 5.56 Å². The van der Waals surface area contributed by atoms with E-state index in [2.05, 4.69) is 60.6 Å². The van der Waals surface area contributed by atoms with Gasteiger partial charge in [0, 0.05) is 5.56 Å². The smallest absolute Gasteiger partial charge is 0.168 e. The lowest BCUT2D eigenvalue weighted by atomic mass is 10.0. The van der Waals surface area contributed by atoms with Gasteiger partial charge in [0.2, 0.25) is 0 Å². The van der Waals surface area contributed by atoms with Crippen LogP contribution in [0.15, 0.2) is 65.2 Å². The summed E-state index contributed by atoms with van der Waals surface area (Å²) >= 11 is 0. The minimum Gasteiger partial charge on any atom is -0.356 e. The van der Waals surface area contributed by atoms with Crippen molar-refractivity contribution in [3.8, 4) is 11.3 Å². The summed E-state index contributed by atoms with van der Waals surface area (Å²) in [4.78, 5) is 0. The van der Waals surface area contributed by atoms with E-state index in [0.29, 0.717) is 0 Å². The third-order valence-electron chi connectivity index (χ3n) is 3.66. The Morgan fingerprint density at radius 2 is 1.55 bits per heavy atom. The molecule has 1 aromatic heterocycles. The maximum absolute atomic E-state index is 5.49. The number of aromatic nitrogens is 1. The van der Waals surface area contributed by atoms with Gasteiger partial charge in [-0.15, -0.1) is 0 Å². The van der Waals surface area contributed by atoms with Crippen LogP contribution in [0.25, 0.3) is 33.0 Å². The molecule has 2 nitrogen and oxygen atoms in total. The summed E-state index contributed by atoms with van der Waals surface area (Å²) in [6.45, 7) is 2.08. The van der Waals surface area contributed by atoms with Crippen molar-refractivity contribution in [3.05, 3.63) is 66.2 Å². The molecule has 2 heteroatoms. The minimum atomic E-state index is 0.833. The van der Waals surface area contributed by atoms with E-state index in [-0.39, 0.29) is 0 Å². The number of nitrogens with zero attached hydrogens (tertiary/aromatic N) is 1. The molecule has 0 atom stereocenters. The molecule has 0 amide bonds. The van der Waals surface area contributed by atoms with E-state index in [0.717, 1.165) is 22.2 Å². The van der Waals surface area contributed by atoms with E-state index in [1.807, 2.05) is 12.1 Å². The molecule has 4 rings (SSSR count). The highest BCUT2D eigenvalue weighted by Gasteiger charge is 2.11. The summed E-state index contributed by atoms with van der Waals surface area (Å²) in [5.74, 6) is 0. The Labute approximate surface area is 116 Å². The predicted octanol–water partition coefficient (Wildman–Crippen LogP) is 4.96. The van der Waals surface area contributed by atoms with Crippen LogP contribution in [0.2, 0.25) is 0 Å². The second-order valence-corrected chi connectivity index (χ2v) is 5.09. The van der Waals surface area contributed by atoms with Crippen molar-refractivity contribution in [1.82, 2.24) is 5.16 Å². The molecule has 96 valence electrons. The molecular formula is C18H13NO. The van der Waals surface area contributed by atoms with Crippen molar-refractivity contribution in [2.45, 2.75) is 6.92 Å². The molecule has 3 aromatic carbocycles. The van der Waals surface area contributed by atoms with Gasteiger partial charge in [0.25, 0.3) is 0 Å². The molecule has 0 bridgehead atoms. The standard InChI is InChI=1S/C18H13NO/c1-12-6-8-13(9-7-12)18-16-10-14-4-2-3-5-15(14)11-17(16)20-19-18/h2-11H,1H3. The van der Waals surface area contributed by atoms with Gasteiger partial charge < -0.3 is 4.52 Å². The van der Waals surface area contributed by atoms with E-state index in [1.54, 1.807) is 0 Å². The Balaban J connectivity index is 2.00. The van der Waals surface area contributed by atoms with Gasteiger partial charge in [-0.2, -0.15) is 0 Å². The zero-order chi connectivity index (χ0) is 13.5. The normalized spacial score (nSPS) is 11.2. The van der Waals surface area contributed by atoms with Crippen LogP contribution in [-0.4, -0.2) is 5.16 Å². The summed E-state index contributed by atoms with van der Waals surface area (Å²) in [6.07, 6.45) is 0. The maximum atomic E-state index is 5.49. The molecule has 0 N–H and O–H groups in total. The Morgan fingerprint density at radius 3 is 2.30 bits per heavy atom. The molecule has 1 heterocycles. The fourth-order valence-electron chi connectivity index (χ4n) is 2.54. The van der Waals surface area contributed by atoms with Crippen LogP contribution in [0.4, 0.5) is 0 Å². The first-order valence-corrected chi connectivity index (χ1v) is 6.66. The van der Waals surface area contributed by atoms with Gasteiger partial charge in [-0.05, 0) is 29.8 Å². The van der Waals surface area contributed by atoms with E-state index < -0.39 is 0 Å². The lowest BCUT2D eigenvalue weighted by molar-refractivity contribution is 0.459. The van der Waals surface area contributed by atoms with Crippen LogP contribution in [0, 0.1) is 6.92 Å². The molecule has 0 spiro atoms. The second-order valence-electron chi connectivity index (χ2n) is 5.09. The average molecular weight is 259 g/mol. The summed E-state index contributed by atoms with van der Waals surface area (Å²) in [5, 5.41) is 7.68. The van der Waals surface area contributed by atoms with Gasteiger partial charge in [0.1, 0.15) is 5.69 Å². The summed E-state index contributed by atoms with van der Waals surface area (Å²) < 4.78 is 5.49. The van der Waals surface area contributed by atoms with Crippen molar-refractivity contribution in [2.75, 3.05) is 0 Å². The molecule has 0 aliphatic carbocycles. The average Bonchev–Trinajstić information content (AvgIpc) is 2.88. The molecule has 0 aliphatic heterocycles. The summed E-state index contributed by atoms with van der Waals surface area (Å²) in [5.41, 5.74) is 4.07. The van der Waals surface area contributed by atoms with Crippen molar-refractivity contribution in [1.29, 1.82) is 0 Å². The lowest BCUT2D eigenvalue weighted by Crippen LogP contribution is -1.79. The topological polar surface area (TPSA) is 26.0 Å². The highest BCUT2D eigenvalue weighted by molar-refractivity contribution is 6.01. The van der Waals surface area contributed by atoms with Gasteiger partial charge in [0.15, 0.2) is 5.58 Å². The Hall–Kier alpha value is -2.61. The number of rotatable bonds is 1. The number of fused-ring (bicyclic) bond motifs is 2. The highest BCUT2D eigenvalue weighted by Crippen LogP contribution is 2.31.